The standard InChI is InChI=1S/C14H20O3/c1-3-10-11-4-5-12(15)13(11,2)6-7-14(10)16-8-9-17-14/h3-9H2,1-2H3/t13-/m1/s1. The average molecular weight is 236 g/mol. The first kappa shape index (κ1) is 11.4. The van der Waals surface area contributed by atoms with Crippen molar-refractivity contribution in [1.29, 1.82) is 0 Å². The molecule has 1 saturated carbocycles. The Hall–Kier alpha value is -0.670. The molecule has 3 rings (SSSR count). The van der Waals surface area contributed by atoms with Gasteiger partial charge in [0.05, 0.1) is 13.2 Å². The second-order valence-corrected chi connectivity index (χ2v) is 5.52. The van der Waals surface area contributed by atoms with Crippen LogP contribution in [-0.4, -0.2) is 24.8 Å². The van der Waals surface area contributed by atoms with Crippen LogP contribution in [0.5, 0.6) is 0 Å². The smallest absolute Gasteiger partial charge is 0.191 e. The van der Waals surface area contributed by atoms with Crippen molar-refractivity contribution in [3.05, 3.63) is 11.1 Å². The Morgan fingerprint density at radius 1 is 1.18 bits per heavy atom. The summed E-state index contributed by atoms with van der Waals surface area (Å²) in [4.78, 5) is 12.1. The highest BCUT2D eigenvalue weighted by molar-refractivity contribution is 5.91. The van der Waals surface area contributed by atoms with E-state index in [9.17, 15) is 4.79 Å². The molecule has 0 aromatic rings. The second kappa shape index (κ2) is 3.66. The normalized spacial score (nSPS) is 35.8. The highest BCUT2D eigenvalue weighted by Gasteiger charge is 2.53. The topological polar surface area (TPSA) is 35.5 Å². The fraction of sp³-hybridized carbons (Fsp3) is 0.786. The number of rotatable bonds is 1. The third kappa shape index (κ3) is 1.39. The first-order valence-electron chi connectivity index (χ1n) is 6.66. The van der Waals surface area contributed by atoms with Crippen molar-refractivity contribution in [2.75, 3.05) is 13.2 Å². The van der Waals surface area contributed by atoms with Crippen molar-refractivity contribution in [2.24, 2.45) is 5.41 Å². The lowest BCUT2D eigenvalue weighted by molar-refractivity contribution is -0.147. The van der Waals surface area contributed by atoms with Crippen LogP contribution in [0.1, 0.15) is 46.0 Å². The maximum atomic E-state index is 12.1. The number of ketones is 1. The molecule has 1 heterocycles. The number of allylic oxidation sites excluding steroid dienone is 1. The summed E-state index contributed by atoms with van der Waals surface area (Å²) in [6.45, 7) is 5.61. The van der Waals surface area contributed by atoms with Gasteiger partial charge < -0.3 is 9.47 Å². The van der Waals surface area contributed by atoms with Crippen LogP contribution in [0, 0.1) is 5.41 Å². The van der Waals surface area contributed by atoms with E-state index in [1.807, 2.05) is 0 Å². The number of ether oxygens (including phenoxy) is 2. The van der Waals surface area contributed by atoms with Crippen LogP contribution in [0.15, 0.2) is 11.1 Å². The summed E-state index contributed by atoms with van der Waals surface area (Å²) in [5.41, 5.74) is 2.36. The van der Waals surface area contributed by atoms with Gasteiger partial charge >= 0.3 is 0 Å². The molecule has 3 nitrogen and oxygen atoms in total. The van der Waals surface area contributed by atoms with Crippen LogP contribution < -0.4 is 0 Å². The molecular formula is C14H20O3. The zero-order valence-corrected chi connectivity index (χ0v) is 10.7. The zero-order valence-electron chi connectivity index (χ0n) is 10.7. The third-order valence-electron chi connectivity index (χ3n) is 4.77. The van der Waals surface area contributed by atoms with Gasteiger partial charge in [-0.3, -0.25) is 4.79 Å². The van der Waals surface area contributed by atoms with E-state index in [4.69, 9.17) is 9.47 Å². The fourth-order valence-electron chi connectivity index (χ4n) is 3.78. The van der Waals surface area contributed by atoms with Crippen molar-refractivity contribution in [1.82, 2.24) is 0 Å². The van der Waals surface area contributed by atoms with E-state index in [0.717, 1.165) is 25.7 Å². The molecule has 3 heteroatoms. The van der Waals surface area contributed by atoms with Crippen LogP contribution in [0.25, 0.3) is 0 Å². The van der Waals surface area contributed by atoms with Crippen molar-refractivity contribution in [2.45, 2.75) is 51.7 Å². The monoisotopic (exact) mass is 236 g/mol. The Morgan fingerprint density at radius 2 is 1.88 bits per heavy atom. The van der Waals surface area contributed by atoms with Crippen molar-refractivity contribution >= 4 is 5.78 Å². The molecule has 0 aromatic heterocycles. The molecule has 0 amide bonds. The van der Waals surface area contributed by atoms with Gasteiger partial charge in [-0.25, -0.2) is 0 Å². The molecule has 2 fully saturated rings. The molecule has 1 saturated heterocycles. The number of carbonyl (C=O) groups excluding carboxylic acids is 1. The summed E-state index contributed by atoms with van der Waals surface area (Å²) >= 11 is 0. The van der Waals surface area contributed by atoms with Crippen LogP contribution in [0.4, 0.5) is 0 Å². The Labute approximate surface area is 102 Å². The number of carbonyl (C=O) groups is 1. The predicted molar refractivity (Wildman–Crippen MR) is 63.5 cm³/mol. The summed E-state index contributed by atoms with van der Waals surface area (Å²) in [5, 5.41) is 0. The SMILES string of the molecule is CCC1=C2CCC(=O)[C@]2(C)CCC12OCCO2. The molecule has 17 heavy (non-hydrogen) atoms. The minimum atomic E-state index is -0.478. The van der Waals surface area contributed by atoms with Gasteiger partial charge in [-0.1, -0.05) is 12.5 Å². The second-order valence-electron chi connectivity index (χ2n) is 5.52. The molecule has 3 aliphatic rings. The van der Waals surface area contributed by atoms with E-state index in [1.54, 1.807) is 0 Å². The summed E-state index contributed by atoms with van der Waals surface area (Å²) < 4.78 is 11.8. The van der Waals surface area contributed by atoms with E-state index in [1.165, 1.54) is 11.1 Å². The molecule has 1 spiro atoms. The van der Waals surface area contributed by atoms with Gasteiger partial charge in [-0.2, -0.15) is 0 Å². The Morgan fingerprint density at radius 3 is 2.53 bits per heavy atom. The molecule has 1 atom stereocenters. The first-order valence-corrected chi connectivity index (χ1v) is 6.66. The van der Waals surface area contributed by atoms with Gasteiger partial charge in [-0.05, 0) is 31.8 Å². The summed E-state index contributed by atoms with van der Waals surface area (Å²) in [7, 11) is 0. The molecule has 94 valence electrons. The minimum Gasteiger partial charge on any atom is -0.344 e. The van der Waals surface area contributed by atoms with Crippen LogP contribution in [0.3, 0.4) is 0 Å². The van der Waals surface area contributed by atoms with Gasteiger partial charge in [0.25, 0.3) is 0 Å². The maximum Gasteiger partial charge on any atom is 0.191 e. The van der Waals surface area contributed by atoms with E-state index in [2.05, 4.69) is 13.8 Å². The maximum absolute atomic E-state index is 12.1. The fourth-order valence-corrected chi connectivity index (χ4v) is 3.78. The highest BCUT2D eigenvalue weighted by atomic mass is 16.7. The van der Waals surface area contributed by atoms with Gasteiger partial charge in [0, 0.05) is 18.3 Å². The molecule has 0 bridgehead atoms. The molecule has 2 aliphatic carbocycles. The first-order chi connectivity index (χ1) is 8.12. The van der Waals surface area contributed by atoms with Crippen LogP contribution >= 0.6 is 0 Å². The molecule has 1 aliphatic heterocycles. The lowest BCUT2D eigenvalue weighted by Crippen LogP contribution is -2.42. The van der Waals surface area contributed by atoms with Gasteiger partial charge in [0.1, 0.15) is 5.78 Å². The Balaban J connectivity index is 2.10. The number of hydrogen-bond donors (Lipinski definition) is 0. The average Bonchev–Trinajstić information content (AvgIpc) is 2.89. The summed E-state index contributed by atoms with van der Waals surface area (Å²) in [6.07, 6.45) is 4.25. The van der Waals surface area contributed by atoms with E-state index >= 15 is 0 Å². The van der Waals surface area contributed by atoms with Gasteiger partial charge in [0.15, 0.2) is 5.79 Å². The minimum absolute atomic E-state index is 0.216. The van der Waals surface area contributed by atoms with E-state index in [-0.39, 0.29) is 5.41 Å². The van der Waals surface area contributed by atoms with Gasteiger partial charge in [-0.15, -0.1) is 0 Å². The predicted octanol–water partition coefficient (Wildman–Crippen LogP) is 2.60. The third-order valence-corrected chi connectivity index (χ3v) is 4.77. The Kier molecular flexibility index (Phi) is 2.46. The molecule has 0 N–H and O–H groups in total. The highest BCUT2D eigenvalue weighted by Crippen LogP contribution is 2.54. The molecule has 0 unspecified atom stereocenters. The van der Waals surface area contributed by atoms with E-state index in [0.29, 0.717) is 25.4 Å². The summed E-state index contributed by atoms with van der Waals surface area (Å²) in [5.74, 6) is -0.0694. The van der Waals surface area contributed by atoms with E-state index < -0.39 is 5.79 Å². The van der Waals surface area contributed by atoms with Crippen LogP contribution in [0.2, 0.25) is 0 Å². The zero-order chi connectivity index (χ0) is 12.1. The number of fused-ring (bicyclic) bond motifs is 1. The molecule has 0 aromatic carbocycles. The van der Waals surface area contributed by atoms with Crippen LogP contribution in [-0.2, 0) is 14.3 Å². The number of hydrogen-bond acceptors (Lipinski definition) is 3. The van der Waals surface area contributed by atoms with Crippen molar-refractivity contribution < 1.29 is 14.3 Å². The lowest BCUT2D eigenvalue weighted by atomic mass is 9.69. The quantitative estimate of drug-likeness (QED) is 0.656. The van der Waals surface area contributed by atoms with Gasteiger partial charge in [0.2, 0.25) is 0 Å². The molecule has 0 radical (unpaired) electrons. The molecular weight excluding hydrogens is 216 g/mol. The van der Waals surface area contributed by atoms with Crippen molar-refractivity contribution in [3.8, 4) is 0 Å². The largest absolute Gasteiger partial charge is 0.344 e. The number of Topliss-reactive ketones (excluding diaryl/α,β-unsaturated/α-hetero) is 1. The Bertz CT molecular complexity index is 390. The van der Waals surface area contributed by atoms with Crippen molar-refractivity contribution in [3.63, 3.8) is 0 Å². The lowest BCUT2D eigenvalue weighted by Gasteiger charge is -2.41. The summed E-state index contributed by atoms with van der Waals surface area (Å²) in [6, 6.07) is 0.